The molecule has 92 valence electrons. The van der Waals surface area contributed by atoms with Crippen LogP contribution in [0.25, 0.3) is 0 Å². The minimum Gasteiger partial charge on any atom is -0.481 e. The van der Waals surface area contributed by atoms with Gasteiger partial charge in [-0.05, 0) is 19.8 Å². The first-order valence-corrected chi connectivity index (χ1v) is 5.84. The third-order valence-electron chi connectivity index (χ3n) is 3.10. The summed E-state index contributed by atoms with van der Waals surface area (Å²) in [6.45, 7) is 2.51. The van der Waals surface area contributed by atoms with Gasteiger partial charge in [0, 0.05) is 12.6 Å². The predicted octanol–water partition coefficient (Wildman–Crippen LogP) is 0.579. The van der Waals surface area contributed by atoms with Crippen molar-refractivity contribution in [1.82, 2.24) is 4.90 Å². The number of hydrogen-bond acceptors (Lipinski definition) is 3. The maximum Gasteiger partial charge on any atom is 0.305 e. The summed E-state index contributed by atoms with van der Waals surface area (Å²) in [7, 11) is 0. The van der Waals surface area contributed by atoms with Crippen LogP contribution in [0, 0.1) is 0 Å². The number of rotatable bonds is 5. The van der Waals surface area contributed by atoms with Gasteiger partial charge in [0.25, 0.3) is 0 Å². The number of likely N-dealkylation sites (N-methyl/N-ethyl adjacent to an activating group) is 1. The summed E-state index contributed by atoms with van der Waals surface area (Å²) in [5, 5.41) is 8.60. The molecule has 0 aromatic carbocycles. The monoisotopic (exact) mass is 228 g/mol. The van der Waals surface area contributed by atoms with Crippen LogP contribution >= 0.6 is 0 Å². The molecule has 3 N–H and O–H groups in total. The molecule has 0 spiro atoms. The molecule has 1 rings (SSSR count). The van der Waals surface area contributed by atoms with E-state index >= 15 is 0 Å². The molecule has 0 radical (unpaired) electrons. The van der Waals surface area contributed by atoms with Crippen molar-refractivity contribution < 1.29 is 14.7 Å². The minimum absolute atomic E-state index is 0.225. The van der Waals surface area contributed by atoms with Crippen molar-refractivity contribution in [3.63, 3.8) is 0 Å². The molecular formula is C11H20N2O3. The lowest BCUT2D eigenvalue weighted by Crippen LogP contribution is -2.48. The normalized spacial score (nSPS) is 18.4. The molecule has 0 aliphatic heterocycles. The van der Waals surface area contributed by atoms with Crippen LogP contribution < -0.4 is 5.73 Å². The Balaban J connectivity index is 2.57. The molecule has 0 heterocycles. The zero-order chi connectivity index (χ0) is 12.1. The molecule has 0 saturated heterocycles. The van der Waals surface area contributed by atoms with E-state index in [2.05, 4.69) is 0 Å². The lowest BCUT2D eigenvalue weighted by atomic mass is 10.1. The Labute approximate surface area is 95.6 Å². The average Bonchev–Trinajstić information content (AvgIpc) is 2.71. The molecule has 1 unspecified atom stereocenters. The largest absolute Gasteiger partial charge is 0.481 e. The highest BCUT2D eigenvalue weighted by Gasteiger charge is 2.29. The molecule has 1 atom stereocenters. The SMILES string of the molecule is CCN(C(=O)C(N)CC(=O)O)C1CCCC1. The van der Waals surface area contributed by atoms with Crippen LogP contribution in [0.2, 0.25) is 0 Å². The zero-order valence-electron chi connectivity index (χ0n) is 9.69. The quantitative estimate of drug-likeness (QED) is 0.721. The third-order valence-corrected chi connectivity index (χ3v) is 3.10. The molecule has 5 nitrogen and oxygen atoms in total. The molecule has 0 bridgehead atoms. The minimum atomic E-state index is -1.02. The number of amides is 1. The van der Waals surface area contributed by atoms with Crippen molar-refractivity contribution in [2.24, 2.45) is 5.73 Å². The van der Waals surface area contributed by atoms with Crippen LogP contribution in [-0.2, 0) is 9.59 Å². The number of carboxylic acid groups (broad SMARTS) is 1. The van der Waals surface area contributed by atoms with Crippen molar-refractivity contribution in [3.8, 4) is 0 Å². The van der Waals surface area contributed by atoms with E-state index < -0.39 is 12.0 Å². The fourth-order valence-electron chi connectivity index (χ4n) is 2.30. The summed E-state index contributed by atoms with van der Waals surface area (Å²) in [5.41, 5.74) is 5.59. The maximum atomic E-state index is 11.9. The van der Waals surface area contributed by atoms with Gasteiger partial charge in [-0.25, -0.2) is 0 Å². The van der Waals surface area contributed by atoms with E-state index in [-0.39, 0.29) is 18.4 Å². The Morgan fingerprint density at radius 3 is 2.44 bits per heavy atom. The Morgan fingerprint density at radius 2 is 2.00 bits per heavy atom. The topological polar surface area (TPSA) is 83.6 Å². The molecule has 1 aliphatic rings. The second kappa shape index (κ2) is 5.84. The first kappa shape index (κ1) is 13.0. The van der Waals surface area contributed by atoms with Gasteiger partial charge < -0.3 is 15.7 Å². The first-order chi connectivity index (χ1) is 7.56. The lowest BCUT2D eigenvalue weighted by Gasteiger charge is -2.29. The molecule has 1 aliphatic carbocycles. The van der Waals surface area contributed by atoms with E-state index in [1.54, 1.807) is 4.90 Å². The molecule has 1 fully saturated rings. The van der Waals surface area contributed by atoms with Crippen molar-refractivity contribution >= 4 is 11.9 Å². The number of carbonyl (C=O) groups excluding carboxylic acids is 1. The van der Waals surface area contributed by atoms with Crippen molar-refractivity contribution in [1.29, 1.82) is 0 Å². The standard InChI is InChI=1S/C11H20N2O3/c1-2-13(8-5-3-4-6-8)11(16)9(12)7-10(14)15/h8-9H,2-7,12H2,1H3,(H,14,15). The number of carboxylic acids is 1. The van der Waals surface area contributed by atoms with Gasteiger partial charge in [0.05, 0.1) is 12.5 Å². The molecule has 1 amide bonds. The predicted molar refractivity (Wildman–Crippen MR) is 59.9 cm³/mol. The Bertz CT molecular complexity index is 262. The number of carbonyl (C=O) groups is 2. The molecular weight excluding hydrogens is 208 g/mol. The first-order valence-electron chi connectivity index (χ1n) is 5.84. The summed E-state index contributed by atoms with van der Waals surface area (Å²) in [5.74, 6) is -1.25. The van der Waals surface area contributed by atoms with Gasteiger partial charge in [-0.3, -0.25) is 9.59 Å². The van der Waals surface area contributed by atoms with Crippen LogP contribution in [-0.4, -0.2) is 40.5 Å². The van der Waals surface area contributed by atoms with Crippen molar-refractivity contribution in [3.05, 3.63) is 0 Å². The van der Waals surface area contributed by atoms with Gasteiger partial charge >= 0.3 is 5.97 Å². The number of nitrogens with two attached hydrogens (primary N) is 1. The van der Waals surface area contributed by atoms with Gasteiger partial charge in [-0.2, -0.15) is 0 Å². The van der Waals surface area contributed by atoms with E-state index in [9.17, 15) is 9.59 Å². The van der Waals surface area contributed by atoms with E-state index in [4.69, 9.17) is 10.8 Å². The highest BCUT2D eigenvalue weighted by atomic mass is 16.4. The molecule has 16 heavy (non-hydrogen) atoms. The molecule has 0 aromatic rings. The molecule has 5 heteroatoms. The van der Waals surface area contributed by atoms with Crippen molar-refractivity contribution in [2.75, 3.05) is 6.54 Å². The smallest absolute Gasteiger partial charge is 0.305 e. The third kappa shape index (κ3) is 3.20. The van der Waals surface area contributed by atoms with Crippen LogP contribution in [0.4, 0.5) is 0 Å². The van der Waals surface area contributed by atoms with E-state index in [1.165, 1.54) is 0 Å². The molecule has 1 saturated carbocycles. The van der Waals surface area contributed by atoms with Crippen molar-refractivity contribution in [2.45, 2.75) is 51.1 Å². The summed E-state index contributed by atoms with van der Waals surface area (Å²) >= 11 is 0. The van der Waals surface area contributed by atoms with E-state index in [0.717, 1.165) is 25.7 Å². The summed E-state index contributed by atoms with van der Waals surface area (Å²) in [6, 6.07) is -0.643. The highest BCUT2D eigenvalue weighted by Crippen LogP contribution is 2.23. The molecule has 0 aromatic heterocycles. The Morgan fingerprint density at radius 1 is 1.44 bits per heavy atom. The van der Waals surface area contributed by atoms with Gasteiger partial charge in [-0.15, -0.1) is 0 Å². The van der Waals surface area contributed by atoms with Gasteiger partial charge in [0.1, 0.15) is 0 Å². The second-order valence-corrected chi connectivity index (χ2v) is 4.27. The van der Waals surface area contributed by atoms with Gasteiger partial charge in [0.2, 0.25) is 5.91 Å². The fraction of sp³-hybridized carbons (Fsp3) is 0.818. The summed E-state index contributed by atoms with van der Waals surface area (Å²) < 4.78 is 0. The van der Waals surface area contributed by atoms with E-state index in [0.29, 0.717) is 6.54 Å². The maximum absolute atomic E-state index is 11.9. The number of nitrogens with zero attached hydrogens (tertiary/aromatic N) is 1. The van der Waals surface area contributed by atoms with Gasteiger partial charge in [0.15, 0.2) is 0 Å². The highest BCUT2D eigenvalue weighted by molar-refractivity contribution is 5.86. The lowest BCUT2D eigenvalue weighted by molar-refractivity contribution is -0.142. The van der Waals surface area contributed by atoms with Crippen LogP contribution in [0.15, 0.2) is 0 Å². The van der Waals surface area contributed by atoms with Gasteiger partial charge in [-0.1, -0.05) is 12.8 Å². The number of hydrogen-bond donors (Lipinski definition) is 2. The zero-order valence-corrected chi connectivity index (χ0v) is 9.69. The summed E-state index contributed by atoms with van der Waals surface area (Å²) in [4.78, 5) is 24.2. The second-order valence-electron chi connectivity index (χ2n) is 4.27. The Kier molecular flexibility index (Phi) is 4.73. The van der Waals surface area contributed by atoms with Crippen LogP contribution in [0.5, 0.6) is 0 Å². The Hall–Kier alpha value is -1.10. The summed E-state index contributed by atoms with van der Waals surface area (Å²) in [6.07, 6.45) is 4.02. The fourth-order valence-corrected chi connectivity index (χ4v) is 2.30. The average molecular weight is 228 g/mol. The van der Waals surface area contributed by atoms with E-state index in [1.807, 2.05) is 6.92 Å². The van der Waals surface area contributed by atoms with Crippen LogP contribution in [0.3, 0.4) is 0 Å². The van der Waals surface area contributed by atoms with Crippen LogP contribution in [0.1, 0.15) is 39.0 Å². The number of aliphatic carboxylic acids is 1.